The number of carbonyl (C=O) groups excluding carboxylic acids is 2. The molecule has 0 aliphatic carbocycles. The fourth-order valence-electron chi connectivity index (χ4n) is 7.21. The molecule has 55 heavy (non-hydrogen) atoms. The van der Waals surface area contributed by atoms with E-state index in [2.05, 4.69) is 25.7 Å². The number of nitrogens with one attached hydrogen (secondary N) is 1. The van der Waals surface area contributed by atoms with E-state index in [1.54, 1.807) is 45.7 Å². The van der Waals surface area contributed by atoms with Gasteiger partial charge in [-0.05, 0) is 81.1 Å². The van der Waals surface area contributed by atoms with Gasteiger partial charge in [-0.15, -0.1) is 5.10 Å². The second-order valence-electron chi connectivity index (χ2n) is 13.6. The van der Waals surface area contributed by atoms with Crippen LogP contribution in [-0.4, -0.2) is 74.9 Å². The zero-order chi connectivity index (χ0) is 38.1. The quantitative estimate of drug-likeness (QED) is 0.156. The summed E-state index contributed by atoms with van der Waals surface area (Å²) in [6, 6.07) is 19.9. The van der Waals surface area contributed by atoms with Crippen LogP contribution in [0.3, 0.4) is 0 Å². The van der Waals surface area contributed by atoms with E-state index in [1.807, 2.05) is 73.3 Å². The van der Waals surface area contributed by atoms with Gasteiger partial charge in [0.05, 0.1) is 55.3 Å². The minimum atomic E-state index is -0.519. The molecule has 5 aromatic heterocycles. The van der Waals surface area contributed by atoms with Crippen molar-refractivity contribution in [2.45, 2.75) is 58.8 Å². The Morgan fingerprint density at radius 3 is 2.65 bits per heavy atom. The summed E-state index contributed by atoms with van der Waals surface area (Å²) in [4.78, 5) is 34.3. The second-order valence-corrected chi connectivity index (χ2v) is 13.6. The van der Waals surface area contributed by atoms with Gasteiger partial charge in [0, 0.05) is 42.3 Å². The highest BCUT2D eigenvalue weighted by atomic mass is 16.5. The topological polar surface area (TPSA) is 171 Å². The SMILES string of the molecule is COc1ccc(CN(C(=O)c2c(Cn3cc(-c4ccc(NC(=O)c5cnn6c(C)cc(C)nc56)cc4)nn3)nn3c2CCC3)C(CCO)c2ccco2)cc1. The number of nitrogens with zero attached hydrogens (tertiary/aromatic N) is 9. The van der Waals surface area contributed by atoms with Crippen LogP contribution in [0.15, 0.2) is 89.8 Å². The van der Waals surface area contributed by atoms with Gasteiger partial charge >= 0.3 is 0 Å². The van der Waals surface area contributed by atoms with Crippen molar-refractivity contribution in [3.05, 3.63) is 131 Å². The van der Waals surface area contributed by atoms with Gasteiger partial charge in [-0.1, -0.05) is 29.5 Å². The summed E-state index contributed by atoms with van der Waals surface area (Å²) in [7, 11) is 1.61. The molecule has 0 saturated heterocycles. The minimum absolute atomic E-state index is 0.134. The van der Waals surface area contributed by atoms with E-state index in [9.17, 15) is 14.7 Å². The fourth-order valence-corrected chi connectivity index (χ4v) is 7.21. The largest absolute Gasteiger partial charge is 0.497 e. The Labute approximate surface area is 316 Å². The van der Waals surface area contributed by atoms with Gasteiger partial charge in [0.25, 0.3) is 11.8 Å². The van der Waals surface area contributed by atoms with Crippen molar-refractivity contribution < 1.29 is 23.8 Å². The van der Waals surface area contributed by atoms with Crippen LogP contribution in [0, 0.1) is 13.8 Å². The molecule has 15 heteroatoms. The molecule has 8 rings (SSSR count). The molecule has 0 bridgehead atoms. The summed E-state index contributed by atoms with van der Waals surface area (Å²) in [5, 5.41) is 31.1. The lowest BCUT2D eigenvalue weighted by Crippen LogP contribution is -2.36. The predicted octanol–water partition coefficient (Wildman–Crippen LogP) is 5.42. The van der Waals surface area contributed by atoms with Crippen molar-refractivity contribution in [1.82, 2.24) is 44.3 Å². The first-order chi connectivity index (χ1) is 26.8. The van der Waals surface area contributed by atoms with Gasteiger partial charge in [-0.3, -0.25) is 14.3 Å². The van der Waals surface area contributed by atoms with E-state index >= 15 is 0 Å². The minimum Gasteiger partial charge on any atom is -0.497 e. The van der Waals surface area contributed by atoms with Gasteiger partial charge in [0.1, 0.15) is 22.8 Å². The molecule has 6 heterocycles. The van der Waals surface area contributed by atoms with E-state index in [1.165, 1.54) is 6.20 Å². The van der Waals surface area contributed by atoms with Crippen LogP contribution in [-0.2, 0) is 26.1 Å². The van der Waals surface area contributed by atoms with Crippen LogP contribution in [0.1, 0.15) is 73.7 Å². The van der Waals surface area contributed by atoms with Crippen molar-refractivity contribution in [2.75, 3.05) is 19.0 Å². The third-order valence-electron chi connectivity index (χ3n) is 9.86. The zero-order valence-corrected chi connectivity index (χ0v) is 30.7. The van der Waals surface area contributed by atoms with Crippen LogP contribution >= 0.6 is 0 Å². The summed E-state index contributed by atoms with van der Waals surface area (Å²) >= 11 is 0. The maximum absolute atomic E-state index is 14.9. The van der Waals surface area contributed by atoms with Gasteiger partial charge in [-0.2, -0.15) is 10.2 Å². The highest BCUT2D eigenvalue weighted by Crippen LogP contribution is 2.32. The molecule has 1 atom stereocenters. The Hall–Kier alpha value is -6.61. The number of ether oxygens (including phenoxy) is 1. The van der Waals surface area contributed by atoms with Gasteiger partial charge < -0.3 is 24.5 Å². The van der Waals surface area contributed by atoms with E-state index in [0.29, 0.717) is 64.7 Å². The average molecular weight is 741 g/mol. The molecule has 2 N–H and O–H groups in total. The third kappa shape index (κ3) is 7.09. The van der Waals surface area contributed by atoms with E-state index in [-0.39, 0.29) is 31.5 Å². The summed E-state index contributed by atoms with van der Waals surface area (Å²) in [6.45, 7) is 4.88. The molecule has 2 aromatic carbocycles. The van der Waals surface area contributed by atoms with Crippen molar-refractivity contribution >= 4 is 23.1 Å². The van der Waals surface area contributed by atoms with Crippen LogP contribution in [0.25, 0.3) is 16.9 Å². The maximum atomic E-state index is 14.9. The summed E-state index contributed by atoms with van der Waals surface area (Å²) < 4.78 is 16.4. The number of aliphatic hydroxyl groups excluding tert-OH is 1. The number of carbonyl (C=O) groups is 2. The first kappa shape index (κ1) is 35.4. The number of amides is 2. The molecule has 7 aromatic rings. The smallest absolute Gasteiger partial charge is 0.261 e. The Kier molecular flexibility index (Phi) is 9.68. The monoisotopic (exact) mass is 740 g/mol. The van der Waals surface area contributed by atoms with Gasteiger partial charge in [-0.25, -0.2) is 14.2 Å². The molecule has 1 unspecified atom stereocenters. The number of aryl methyl sites for hydroxylation is 3. The maximum Gasteiger partial charge on any atom is 0.261 e. The number of furan rings is 1. The van der Waals surface area contributed by atoms with Crippen LogP contribution in [0.5, 0.6) is 5.75 Å². The number of aliphatic hydroxyl groups is 1. The molecule has 1 aliphatic heterocycles. The number of hydrogen-bond donors (Lipinski definition) is 2. The summed E-state index contributed by atoms with van der Waals surface area (Å²) in [5.74, 6) is 0.795. The molecule has 15 nitrogen and oxygen atoms in total. The number of hydrogen-bond acceptors (Lipinski definition) is 10. The van der Waals surface area contributed by atoms with Crippen molar-refractivity contribution in [1.29, 1.82) is 0 Å². The highest BCUT2D eigenvalue weighted by molar-refractivity contribution is 6.08. The number of anilines is 1. The van der Waals surface area contributed by atoms with Crippen LogP contribution in [0.2, 0.25) is 0 Å². The molecular weight excluding hydrogens is 701 g/mol. The third-order valence-corrected chi connectivity index (χ3v) is 9.86. The second kappa shape index (κ2) is 15.0. The van der Waals surface area contributed by atoms with E-state index in [0.717, 1.165) is 34.6 Å². The standard InChI is InChI=1S/C40H40N10O5/c1-25-20-26(2)50-38(42-25)31(21-41-50)39(52)43-29-12-10-28(11-13-29)32-23-47(46-44-32)24-33-37(35-6-4-17-49(35)45-33)40(53)48(22-27-8-14-30(54-3)15-9-27)34(16-18-51)36-7-5-19-55-36/h5,7-15,19-21,23,34,51H,4,6,16-18,22,24H2,1-3H3,(H,43,52). The fraction of sp³-hybridized carbons (Fsp3) is 0.275. The molecule has 2 amide bonds. The molecule has 0 spiro atoms. The summed E-state index contributed by atoms with van der Waals surface area (Å²) in [5.41, 5.74) is 7.51. The Bertz CT molecular complexity index is 2460. The predicted molar refractivity (Wildman–Crippen MR) is 202 cm³/mol. The molecule has 280 valence electrons. The lowest BCUT2D eigenvalue weighted by Gasteiger charge is -2.31. The molecule has 0 saturated carbocycles. The molecule has 1 aliphatic rings. The first-order valence-electron chi connectivity index (χ1n) is 18.1. The normalized spacial score (nSPS) is 12.9. The Morgan fingerprint density at radius 2 is 1.91 bits per heavy atom. The first-order valence-corrected chi connectivity index (χ1v) is 18.1. The highest BCUT2D eigenvalue weighted by Gasteiger charge is 2.34. The lowest BCUT2D eigenvalue weighted by atomic mass is 10.0. The average Bonchev–Trinajstić information content (AvgIpc) is 4.03. The zero-order valence-electron chi connectivity index (χ0n) is 30.7. The number of benzene rings is 2. The Balaban J connectivity index is 1.03. The Morgan fingerprint density at radius 1 is 1.09 bits per heavy atom. The molecule has 0 radical (unpaired) electrons. The van der Waals surface area contributed by atoms with Crippen molar-refractivity contribution in [3.63, 3.8) is 0 Å². The summed E-state index contributed by atoms with van der Waals surface area (Å²) in [6.07, 6.45) is 6.81. The van der Waals surface area contributed by atoms with Crippen molar-refractivity contribution in [3.8, 4) is 17.0 Å². The number of methoxy groups -OCH3 is 1. The number of rotatable bonds is 13. The number of aromatic nitrogens is 8. The molecule has 0 fully saturated rings. The van der Waals surface area contributed by atoms with Gasteiger partial charge in [0.15, 0.2) is 5.65 Å². The van der Waals surface area contributed by atoms with Crippen molar-refractivity contribution in [2.24, 2.45) is 0 Å². The van der Waals surface area contributed by atoms with Crippen LogP contribution in [0.4, 0.5) is 5.69 Å². The van der Waals surface area contributed by atoms with Crippen LogP contribution < -0.4 is 10.1 Å². The van der Waals surface area contributed by atoms with Gasteiger partial charge in [0.2, 0.25) is 0 Å². The molecular formula is C40H40N10O5. The van der Waals surface area contributed by atoms with E-state index < -0.39 is 6.04 Å². The van der Waals surface area contributed by atoms with E-state index in [4.69, 9.17) is 14.3 Å². The lowest BCUT2D eigenvalue weighted by molar-refractivity contribution is 0.0594. The number of fused-ring (bicyclic) bond motifs is 2.